The highest BCUT2D eigenvalue weighted by Gasteiger charge is 2.31. The lowest BCUT2D eigenvalue weighted by molar-refractivity contribution is 0.565. The largest absolute Gasteiger partial charge is 0.330 e. The van der Waals surface area contributed by atoms with Gasteiger partial charge in [0.25, 0.3) is 0 Å². The highest BCUT2D eigenvalue weighted by atomic mass is 32.2. The summed E-state index contributed by atoms with van der Waals surface area (Å²) >= 11 is 1.93. The molecule has 0 spiro atoms. The molecule has 0 heterocycles. The van der Waals surface area contributed by atoms with Crippen LogP contribution in [0.1, 0.15) is 44.6 Å². The molecule has 2 N–H and O–H groups in total. The van der Waals surface area contributed by atoms with Crippen molar-refractivity contribution in [3.05, 3.63) is 29.8 Å². The first-order chi connectivity index (χ1) is 8.20. The maximum Gasteiger partial charge on any atom is 0.00747 e. The molecule has 0 bridgehead atoms. The van der Waals surface area contributed by atoms with Crippen molar-refractivity contribution in [2.45, 2.75) is 49.2 Å². The fourth-order valence-corrected chi connectivity index (χ4v) is 3.26. The van der Waals surface area contributed by atoms with Crippen molar-refractivity contribution in [1.82, 2.24) is 0 Å². The Labute approximate surface area is 109 Å². The highest BCUT2D eigenvalue weighted by molar-refractivity contribution is 7.99. The molecule has 0 aromatic heterocycles. The highest BCUT2D eigenvalue weighted by Crippen LogP contribution is 2.44. The van der Waals surface area contributed by atoms with Gasteiger partial charge >= 0.3 is 0 Å². The van der Waals surface area contributed by atoms with E-state index in [1.165, 1.54) is 23.3 Å². The van der Waals surface area contributed by atoms with Crippen LogP contribution in [0.3, 0.4) is 0 Å². The standard InChI is InChI=1S/C15H23NS/c1-11(2)17-14-7-5-13(6-8-14)15(9-10-16)12-3-4-12/h5-8,11-12,15H,3-4,9-10,16H2,1-2H3. The lowest BCUT2D eigenvalue weighted by atomic mass is 9.91. The van der Waals surface area contributed by atoms with Crippen LogP contribution >= 0.6 is 11.8 Å². The van der Waals surface area contributed by atoms with Crippen molar-refractivity contribution in [3.8, 4) is 0 Å². The van der Waals surface area contributed by atoms with Crippen molar-refractivity contribution in [2.24, 2.45) is 11.7 Å². The predicted molar refractivity (Wildman–Crippen MR) is 76.6 cm³/mol. The molecule has 1 aromatic rings. The molecule has 2 rings (SSSR count). The zero-order valence-electron chi connectivity index (χ0n) is 10.9. The van der Waals surface area contributed by atoms with E-state index in [2.05, 4.69) is 38.1 Å². The normalized spacial score (nSPS) is 17.4. The summed E-state index contributed by atoms with van der Waals surface area (Å²) in [5.41, 5.74) is 7.22. The second-order valence-corrected chi connectivity index (χ2v) is 6.91. The van der Waals surface area contributed by atoms with Gasteiger partial charge in [0.15, 0.2) is 0 Å². The third kappa shape index (κ3) is 3.75. The summed E-state index contributed by atoms with van der Waals surface area (Å²) in [6.07, 6.45) is 3.93. The fraction of sp³-hybridized carbons (Fsp3) is 0.600. The summed E-state index contributed by atoms with van der Waals surface area (Å²) in [5.74, 6) is 1.61. The van der Waals surface area contributed by atoms with E-state index in [0.717, 1.165) is 18.9 Å². The number of benzene rings is 1. The van der Waals surface area contributed by atoms with Crippen LogP contribution < -0.4 is 5.73 Å². The monoisotopic (exact) mass is 249 g/mol. The van der Waals surface area contributed by atoms with Gasteiger partial charge in [0.05, 0.1) is 0 Å². The molecule has 0 radical (unpaired) electrons. The van der Waals surface area contributed by atoms with E-state index in [4.69, 9.17) is 5.73 Å². The third-order valence-corrected chi connectivity index (χ3v) is 4.36. The second-order valence-electron chi connectivity index (χ2n) is 5.26. The lowest BCUT2D eigenvalue weighted by Crippen LogP contribution is -2.09. The van der Waals surface area contributed by atoms with Gasteiger partial charge in [-0.25, -0.2) is 0 Å². The van der Waals surface area contributed by atoms with Crippen LogP contribution in [-0.4, -0.2) is 11.8 Å². The molecule has 17 heavy (non-hydrogen) atoms. The number of rotatable bonds is 6. The molecule has 94 valence electrons. The average molecular weight is 249 g/mol. The Bertz CT molecular complexity index is 340. The van der Waals surface area contributed by atoms with Gasteiger partial charge in [0.1, 0.15) is 0 Å². The predicted octanol–water partition coefficient (Wildman–Crippen LogP) is 4.03. The fourth-order valence-electron chi connectivity index (χ4n) is 2.42. The van der Waals surface area contributed by atoms with Crippen molar-refractivity contribution >= 4 is 11.8 Å². The Balaban J connectivity index is 2.04. The van der Waals surface area contributed by atoms with Gasteiger partial charge in [0, 0.05) is 10.1 Å². The van der Waals surface area contributed by atoms with E-state index >= 15 is 0 Å². The van der Waals surface area contributed by atoms with Crippen LogP contribution in [0.2, 0.25) is 0 Å². The van der Waals surface area contributed by atoms with Gasteiger partial charge in [-0.1, -0.05) is 26.0 Å². The summed E-state index contributed by atoms with van der Waals surface area (Å²) in [4.78, 5) is 1.38. The SMILES string of the molecule is CC(C)Sc1ccc(C(CCN)C2CC2)cc1. The Morgan fingerprint density at radius 3 is 2.35 bits per heavy atom. The van der Waals surface area contributed by atoms with Gasteiger partial charge in [-0.15, -0.1) is 11.8 Å². The third-order valence-electron chi connectivity index (χ3n) is 3.35. The Kier molecular flexibility index (Phi) is 4.52. The molecule has 1 aromatic carbocycles. The number of nitrogens with two attached hydrogens (primary N) is 1. The van der Waals surface area contributed by atoms with Crippen LogP contribution in [0, 0.1) is 5.92 Å². The summed E-state index contributed by atoms with van der Waals surface area (Å²) < 4.78 is 0. The quantitative estimate of drug-likeness (QED) is 0.770. The van der Waals surface area contributed by atoms with Crippen LogP contribution in [-0.2, 0) is 0 Å². The molecule has 0 amide bonds. The van der Waals surface area contributed by atoms with E-state index in [9.17, 15) is 0 Å². The summed E-state index contributed by atoms with van der Waals surface area (Å²) in [6.45, 7) is 5.28. The second kappa shape index (κ2) is 5.92. The van der Waals surface area contributed by atoms with Crippen LogP contribution in [0.4, 0.5) is 0 Å². The molecule has 0 saturated heterocycles. The first kappa shape index (κ1) is 13.0. The molecular weight excluding hydrogens is 226 g/mol. The molecule has 0 aliphatic heterocycles. The smallest absolute Gasteiger partial charge is 0.00747 e. The molecule has 1 nitrogen and oxygen atoms in total. The van der Waals surface area contributed by atoms with E-state index < -0.39 is 0 Å². The molecular formula is C15H23NS. The molecule has 1 aliphatic rings. The molecule has 1 unspecified atom stereocenters. The summed E-state index contributed by atoms with van der Waals surface area (Å²) in [6, 6.07) is 9.16. The Morgan fingerprint density at radius 2 is 1.88 bits per heavy atom. The van der Waals surface area contributed by atoms with E-state index in [1.54, 1.807) is 0 Å². The minimum Gasteiger partial charge on any atom is -0.330 e. The molecule has 1 aliphatic carbocycles. The number of thioether (sulfide) groups is 1. The van der Waals surface area contributed by atoms with E-state index in [1.807, 2.05) is 11.8 Å². The van der Waals surface area contributed by atoms with Gasteiger partial charge < -0.3 is 5.73 Å². The number of hydrogen-bond donors (Lipinski definition) is 1. The lowest BCUT2D eigenvalue weighted by Gasteiger charge is -2.16. The average Bonchev–Trinajstić information content (AvgIpc) is 3.10. The molecule has 1 fully saturated rings. The van der Waals surface area contributed by atoms with Crippen LogP contribution in [0.25, 0.3) is 0 Å². The zero-order valence-corrected chi connectivity index (χ0v) is 11.7. The number of hydrogen-bond acceptors (Lipinski definition) is 2. The van der Waals surface area contributed by atoms with Gasteiger partial charge in [-0.2, -0.15) is 0 Å². The zero-order chi connectivity index (χ0) is 12.3. The first-order valence-corrected chi connectivity index (χ1v) is 7.55. The Morgan fingerprint density at radius 1 is 1.24 bits per heavy atom. The topological polar surface area (TPSA) is 26.0 Å². The van der Waals surface area contributed by atoms with Gasteiger partial charge in [-0.05, 0) is 55.3 Å². The van der Waals surface area contributed by atoms with Crippen LogP contribution in [0.15, 0.2) is 29.2 Å². The molecule has 1 atom stereocenters. The molecule has 1 saturated carbocycles. The minimum absolute atomic E-state index is 0.657. The van der Waals surface area contributed by atoms with Crippen molar-refractivity contribution in [2.75, 3.05) is 6.54 Å². The van der Waals surface area contributed by atoms with Gasteiger partial charge in [0.2, 0.25) is 0 Å². The van der Waals surface area contributed by atoms with Crippen LogP contribution in [0.5, 0.6) is 0 Å². The van der Waals surface area contributed by atoms with Gasteiger partial charge in [-0.3, -0.25) is 0 Å². The molecule has 2 heteroatoms. The van der Waals surface area contributed by atoms with E-state index in [-0.39, 0.29) is 0 Å². The minimum atomic E-state index is 0.657. The maximum atomic E-state index is 5.72. The maximum absolute atomic E-state index is 5.72. The van der Waals surface area contributed by atoms with Crippen molar-refractivity contribution in [3.63, 3.8) is 0 Å². The van der Waals surface area contributed by atoms with Crippen molar-refractivity contribution < 1.29 is 0 Å². The summed E-state index contributed by atoms with van der Waals surface area (Å²) in [7, 11) is 0. The van der Waals surface area contributed by atoms with Crippen molar-refractivity contribution in [1.29, 1.82) is 0 Å². The first-order valence-electron chi connectivity index (χ1n) is 6.67. The Hall–Kier alpha value is -0.470. The van der Waals surface area contributed by atoms with E-state index in [0.29, 0.717) is 11.2 Å². The summed E-state index contributed by atoms with van der Waals surface area (Å²) in [5, 5.41) is 0.657.